The first-order chi connectivity index (χ1) is 18.1. The van der Waals surface area contributed by atoms with Gasteiger partial charge in [-0.05, 0) is 75.8 Å². The molecule has 1 atom stereocenters. The third-order valence-electron chi connectivity index (χ3n) is 6.00. The van der Waals surface area contributed by atoms with Crippen LogP contribution in [0.15, 0.2) is 47.2 Å². The minimum Gasteiger partial charge on any atom is -0.505 e. The molecule has 38 heavy (non-hydrogen) atoms. The van der Waals surface area contributed by atoms with Gasteiger partial charge in [0.05, 0.1) is 39.5 Å². The Morgan fingerprint density at radius 2 is 1.34 bits per heavy atom. The fourth-order valence-electron chi connectivity index (χ4n) is 4.08. The van der Waals surface area contributed by atoms with Gasteiger partial charge in [-0.15, -0.1) is 22.7 Å². The second kappa shape index (κ2) is 12.3. The number of benzene rings is 2. The van der Waals surface area contributed by atoms with Crippen molar-refractivity contribution in [1.29, 1.82) is 0 Å². The van der Waals surface area contributed by atoms with Gasteiger partial charge in [0.25, 0.3) is 0 Å². The summed E-state index contributed by atoms with van der Waals surface area (Å²) in [5.41, 5.74) is 2.92. The molecule has 5 nitrogen and oxygen atoms in total. The molecule has 0 spiro atoms. The largest absolute Gasteiger partial charge is 0.505 e. The Bertz CT molecular complexity index is 1460. The first-order valence-electron chi connectivity index (χ1n) is 11.2. The Balaban J connectivity index is 1.62. The first-order valence-corrected chi connectivity index (χ1v) is 14.5. The van der Waals surface area contributed by atoms with Crippen LogP contribution >= 0.6 is 69.1 Å². The number of phenolic OH excluding ortho intramolecular Hbond substituents is 2. The van der Waals surface area contributed by atoms with Gasteiger partial charge >= 0.3 is 5.97 Å². The number of carbonyl (C=O) groups excluding carboxylic acids is 2. The van der Waals surface area contributed by atoms with E-state index in [1.165, 1.54) is 29.8 Å². The Hall–Kier alpha value is -2.26. The van der Waals surface area contributed by atoms with Gasteiger partial charge in [0.1, 0.15) is 5.78 Å². The standard InChI is InChI=1S/C27H20Cl4O5S2/c1-36-24(33)12-17(27-16(5-7-38-27)14-10-20(30)26(35)21(31)11-14)22(32)2-3-23-15(4-6-37-23)13-8-18(28)25(34)19(29)9-13/h4-11,17,34-35H,2-3,12H2,1H3. The number of ether oxygens (including phenoxy) is 1. The zero-order valence-corrected chi connectivity index (χ0v) is 24.4. The molecule has 0 aliphatic heterocycles. The molecule has 2 aromatic carbocycles. The molecule has 11 heteroatoms. The number of phenols is 2. The quantitative estimate of drug-likeness (QED) is 0.180. The van der Waals surface area contributed by atoms with E-state index in [1.807, 2.05) is 22.9 Å². The number of hydrogen-bond donors (Lipinski definition) is 2. The van der Waals surface area contributed by atoms with Gasteiger partial charge in [-0.1, -0.05) is 46.4 Å². The summed E-state index contributed by atoms with van der Waals surface area (Å²) in [5, 5.41) is 24.0. The van der Waals surface area contributed by atoms with Crippen LogP contribution in [0.3, 0.4) is 0 Å². The van der Waals surface area contributed by atoms with Crippen LogP contribution in [-0.2, 0) is 20.7 Å². The number of carbonyl (C=O) groups is 2. The summed E-state index contributed by atoms with van der Waals surface area (Å²) >= 11 is 27.3. The fourth-order valence-corrected chi connectivity index (χ4v) is 6.99. The van der Waals surface area contributed by atoms with Gasteiger partial charge in [-0.25, -0.2) is 0 Å². The number of esters is 1. The van der Waals surface area contributed by atoms with Crippen LogP contribution in [0.4, 0.5) is 0 Å². The number of aryl methyl sites for hydroxylation is 1. The van der Waals surface area contributed by atoms with Crippen molar-refractivity contribution in [3.05, 3.63) is 77.0 Å². The van der Waals surface area contributed by atoms with Crippen LogP contribution in [-0.4, -0.2) is 29.1 Å². The van der Waals surface area contributed by atoms with Crippen LogP contribution < -0.4 is 0 Å². The maximum Gasteiger partial charge on any atom is 0.306 e. The van der Waals surface area contributed by atoms with Crippen molar-refractivity contribution in [2.75, 3.05) is 7.11 Å². The van der Waals surface area contributed by atoms with E-state index in [1.54, 1.807) is 24.3 Å². The average Bonchev–Trinajstić information content (AvgIpc) is 3.56. The van der Waals surface area contributed by atoms with Gasteiger partial charge in [-0.2, -0.15) is 0 Å². The van der Waals surface area contributed by atoms with E-state index in [-0.39, 0.29) is 50.2 Å². The summed E-state index contributed by atoms with van der Waals surface area (Å²) in [4.78, 5) is 27.5. The van der Waals surface area contributed by atoms with Crippen molar-refractivity contribution >= 4 is 80.8 Å². The molecular weight excluding hydrogens is 610 g/mol. The van der Waals surface area contributed by atoms with Crippen molar-refractivity contribution in [2.24, 2.45) is 0 Å². The zero-order valence-electron chi connectivity index (χ0n) is 19.8. The van der Waals surface area contributed by atoms with Gasteiger partial charge in [0, 0.05) is 16.2 Å². The Kier molecular flexibility index (Phi) is 9.29. The van der Waals surface area contributed by atoms with E-state index in [0.717, 1.165) is 16.0 Å². The lowest BCUT2D eigenvalue weighted by Crippen LogP contribution is -2.18. The molecule has 4 aromatic rings. The lowest BCUT2D eigenvalue weighted by atomic mass is 9.90. The molecule has 0 saturated carbocycles. The predicted molar refractivity (Wildman–Crippen MR) is 156 cm³/mol. The topological polar surface area (TPSA) is 83.8 Å². The molecule has 0 radical (unpaired) electrons. The molecule has 198 valence electrons. The number of rotatable bonds is 9. The number of aromatic hydroxyl groups is 2. The monoisotopic (exact) mass is 628 g/mol. The van der Waals surface area contributed by atoms with Crippen LogP contribution in [0, 0.1) is 0 Å². The highest BCUT2D eigenvalue weighted by atomic mass is 35.5. The lowest BCUT2D eigenvalue weighted by molar-refractivity contribution is -0.142. The van der Waals surface area contributed by atoms with E-state index in [9.17, 15) is 19.8 Å². The second-order valence-electron chi connectivity index (χ2n) is 8.33. The first kappa shape index (κ1) is 28.7. The second-order valence-corrected chi connectivity index (χ2v) is 11.9. The van der Waals surface area contributed by atoms with Crippen LogP contribution in [0.5, 0.6) is 11.5 Å². The molecule has 2 aromatic heterocycles. The minimum absolute atomic E-state index is 0.0835. The molecule has 0 fully saturated rings. The summed E-state index contributed by atoms with van der Waals surface area (Å²) < 4.78 is 4.88. The molecule has 0 bridgehead atoms. The highest BCUT2D eigenvalue weighted by Crippen LogP contribution is 2.43. The maximum absolute atomic E-state index is 13.6. The summed E-state index contributed by atoms with van der Waals surface area (Å²) in [5.74, 6) is -1.78. The van der Waals surface area contributed by atoms with Crippen molar-refractivity contribution in [3.63, 3.8) is 0 Å². The van der Waals surface area contributed by atoms with Crippen LogP contribution in [0.2, 0.25) is 20.1 Å². The minimum atomic E-state index is -0.746. The van der Waals surface area contributed by atoms with E-state index in [0.29, 0.717) is 22.4 Å². The summed E-state index contributed by atoms with van der Waals surface area (Å²) in [6.07, 6.45) is 0.475. The number of Topliss-reactive ketones (excluding diaryl/α,β-unsaturated/α-hetero) is 1. The molecule has 4 rings (SSSR count). The number of hydrogen-bond acceptors (Lipinski definition) is 7. The average molecular weight is 630 g/mol. The van der Waals surface area contributed by atoms with Crippen LogP contribution in [0.25, 0.3) is 22.3 Å². The van der Waals surface area contributed by atoms with Crippen molar-refractivity contribution in [3.8, 4) is 33.8 Å². The molecule has 0 amide bonds. The van der Waals surface area contributed by atoms with E-state index in [4.69, 9.17) is 51.1 Å². The molecule has 2 N–H and O–H groups in total. The maximum atomic E-state index is 13.6. The summed E-state index contributed by atoms with van der Waals surface area (Å²) in [6.45, 7) is 0. The number of halogens is 4. The third-order valence-corrected chi connectivity index (χ3v) is 9.16. The molecule has 1 unspecified atom stereocenters. The van der Waals surface area contributed by atoms with Crippen molar-refractivity contribution in [1.82, 2.24) is 0 Å². The highest BCUT2D eigenvalue weighted by molar-refractivity contribution is 7.11. The highest BCUT2D eigenvalue weighted by Gasteiger charge is 2.28. The Labute approximate surface area is 247 Å². The molecule has 2 heterocycles. The summed E-state index contributed by atoms with van der Waals surface area (Å²) in [7, 11) is 1.28. The SMILES string of the molecule is COC(=O)CC(C(=O)CCc1sccc1-c1cc(Cl)c(O)c(Cl)c1)c1sccc1-c1cc(Cl)c(O)c(Cl)c1. The van der Waals surface area contributed by atoms with Gasteiger partial charge in [-0.3, -0.25) is 9.59 Å². The lowest BCUT2D eigenvalue weighted by Gasteiger charge is -2.16. The molecule has 0 aliphatic carbocycles. The van der Waals surface area contributed by atoms with E-state index < -0.39 is 11.9 Å². The van der Waals surface area contributed by atoms with Gasteiger partial charge in [0.2, 0.25) is 0 Å². The van der Waals surface area contributed by atoms with Gasteiger partial charge in [0.15, 0.2) is 11.5 Å². The van der Waals surface area contributed by atoms with E-state index in [2.05, 4.69) is 0 Å². The normalized spacial score (nSPS) is 11.9. The molecular formula is C27H20Cl4O5S2. The van der Waals surface area contributed by atoms with Crippen molar-refractivity contribution in [2.45, 2.75) is 25.2 Å². The Morgan fingerprint density at radius 3 is 1.89 bits per heavy atom. The fraction of sp³-hybridized carbons (Fsp3) is 0.185. The summed E-state index contributed by atoms with van der Waals surface area (Å²) in [6, 6.07) is 10.1. The van der Waals surface area contributed by atoms with Crippen LogP contribution in [0.1, 0.15) is 28.5 Å². The Morgan fingerprint density at radius 1 is 0.842 bits per heavy atom. The number of ketones is 1. The molecule has 0 aliphatic rings. The predicted octanol–water partition coefficient (Wildman–Crippen LogP) is 9.02. The zero-order chi connectivity index (χ0) is 27.6. The number of thiophene rings is 2. The molecule has 0 saturated heterocycles. The van der Waals surface area contributed by atoms with E-state index >= 15 is 0 Å². The van der Waals surface area contributed by atoms with Crippen molar-refractivity contribution < 1.29 is 24.5 Å². The number of methoxy groups -OCH3 is 1. The smallest absolute Gasteiger partial charge is 0.306 e. The third kappa shape index (κ3) is 6.14. The van der Waals surface area contributed by atoms with Gasteiger partial charge < -0.3 is 14.9 Å².